The van der Waals surface area contributed by atoms with Gasteiger partial charge in [-0.25, -0.2) is 4.98 Å². The predicted molar refractivity (Wildman–Crippen MR) is 118 cm³/mol. The average molecular weight is 429 g/mol. The van der Waals surface area contributed by atoms with E-state index in [2.05, 4.69) is 17.5 Å². The highest BCUT2D eigenvalue weighted by molar-refractivity contribution is 7.99. The minimum atomic E-state index is 0.109. The molecule has 0 amide bonds. The van der Waals surface area contributed by atoms with E-state index in [0.29, 0.717) is 6.79 Å². The molecule has 1 atom stereocenters. The molecule has 5 rings (SSSR count). The van der Waals surface area contributed by atoms with E-state index in [9.17, 15) is 4.79 Å². The second kappa shape index (κ2) is 8.60. The number of fused-ring (bicyclic) bond motifs is 1. The molecule has 0 N–H and O–H groups in total. The van der Waals surface area contributed by atoms with E-state index in [-0.39, 0.29) is 17.7 Å². The third-order valence-electron chi connectivity index (χ3n) is 5.75. The Balaban J connectivity index is 1.57. The van der Waals surface area contributed by atoms with Crippen LogP contribution in [0.4, 0.5) is 0 Å². The first-order chi connectivity index (χ1) is 14.3. The zero-order valence-electron chi connectivity index (χ0n) is 16.2. The summed E-state index contributed by atoms with van der Waals surface area (Å²) in [5.74, 6) is 0.797. The first-order valence-electron chi connectivity index (χ1n) is 10.2. The van der Waals surface area contributed by atoms with Gasteiger partial charge in [0, 0.05) is 22.7 Å². The Hall–Kier alpha value is -1.67. The fourth-order valence-corrected chi connectivity index (χ4v) is 6.32. The smallest absolute Gasteiger partial charge is 0.263 e. The van der Waals surface area contributed by atoms with E-state index in [0.717, 1.165) is 58.1 Å². The lowest BCUT2D eigenvalue weighted by molar-refractivity contribution is -0.130. The van der Waals surface area contributed by atoms with E-state index in [1.54, 1.807) is 23.1 Å². The van der Waals surface area contributed by atoms with Crippen molar-refractivity contribution in [2.24, 2.45) is 0 Å². The van der Waals surface area contributed by atoms with Gasteiger partial charge in [-0.1, -0.05) is 54.9 Å². The lowest BCUT2D eigenvalue weighted by atomic mass is 10.1. The molecule has 152 valence electrons. The Morgan fingerprint density at radius 2 is 2.00 bits per heavy atom. The second-order valence-corrected chi connectivity index (χ2v) is 9.46. The van der Waals surface area contributed by atoms with Gasteiger partial charge in [0.25, 0.3) is 5.56 Å². The van der Waals surface area contributed by atoms with E-state index in [4.69, 9.17) is 14.5 Å². The summed E-state index contributed by atoms with van der Waals surface area (Å²) in [6, 6.07) is 10.4. The molecule has 3 heterocycles. The summed E-state index contributed by atoms with van der Waals surface area (Å²) >= 11 is 3.21. The van der Waals surface area contributed by atoms with E-state index in [1.165, 1.54) is 12.8 Å². The number of ether oxygens (including phenoxy) is 2. The molecule has 0 unspecified atom stereocenters. The zero-order valence-corrected chi connectivity index (χ0v) is 17.8. The minimum absolute atomic E-state index is 0.109. The number of rotatable bonds is 5. The van der Waals surface area contributed by atoms with Crippen molar-refractivity contribution in [2.45, 2.75) is 49.4 Å². The molecule has 2 fully saturated rings. The van der Waals surface area contributed by atoms with Crippen molar-refractivity contribution < 1.29 is 9.47 Å². The van der Waals surface area contributed by atoms with Crippen LogP contribution < -0.4 is 5.56 Å². The van der Waals surface area contributed by atoms with Crippen molar-refractivity contribution in [1.29, 1.82) is 0 Å². The van der Waals surface area contributed by atoms with Crippen LogP contribution in [0.15, 0.2) is 45.7 Å². The van der Waals surface area contributed by atoms with Crippen molar-refractivity contribution in [3.05, 3.63) is 46.1 Å². The van der Waals surface area contributed by atoms with Crippen LogP contribution in [0.1, 0.15) is 38.1 Å². The monoisotopic (exact) mass is 428 g/mol. The minimum Gasteiger partial charge on any atom is -0.355 e. The number of nitrogens with zero attached hydrogens (tertiary/aromatic N) is 2. The van der Waals surface area contributed by atoms with Gasteiger partial charge in [0.05, 0.1) is 18.1 Å². The molecule has 29 heavy (non-hydrogen) atoms. The maximum atomic E-state index is 13.7. The van der Waals surface area contributed by atoms with Crippen LogP contribution in [-0.4, -0.2) is 34.8 Å². The van der Waals surface area contributed by atoms with Crippen LogP contribution >= 0.6 is 23.1 Å². The van der Waals surface area contributed by atoms with E-state index < -0.39 is 0 Å². The van der Waals surface area contributed by atoms with Gasteiger partial charge in [-0.2, -0.15) is 0 Å². The molecular weight excluding hydrogens is 404 g/mol. The van der Waals surface area contributed by atoms with Gasteiger partial charge in [0.1, 0.15) is 11.6 Å². The molecule has 3 aromatic rings. The van der Waals surface area contributed by atoms with Crippen LogP contribution in [0, 0.1) is 0 Å². The topological polar surface area (TPSA) is 53.4 Å². The maximum absolute atomic E-state index is 13.7. The summed E-state index contributed by atoms with van der Waals surface area (Å²) in [6.45, 7) is 1.09. The van der Waals surface area contributed by atoms with Gasteiger partial charge in [-0.3, -0.25) is 9.36 Å². The summed E-state index contributed by atoms with van der Waals surface area (Å²) in [5.41, 5.74) is 2.18. The van der Waals surface area contributed by atoms with Crippen molar-refractivity contribution >= 4 is 33.3 Å². The van der Waals surface area contributed by atoms with Crippen LogP contribution in [0.25, 0.3) is 21.3 Å². The summed E-state index contributed by atoms with van der Waals surface area (Å²) in [4.78, 5) is 19.5. The number of aromatic nitrogens is 2. The first kappa shape index (κ1) is 19.3. The standard InChI is InChI=1S/C22H24N2O3S2/c25-21-19-18(15-6-2-1-3-7-15)13-28-20(19)23-22(24(21)16-8-4-5-9-16)29-12-17-10-11-26-14-27-17/h1-3,6-7,13,16-17H,4-5,8-12,14H2/t17-/m1/s1. The Labute approximate surface area is 178 Å². The third kappa shape index (κ3) is 3.89. The summed E-state index contributed by atoms with van der Waals surface area (Å²) in [7, 11) is 0. The molecule has 1 saturated carbocycles. The number of thiophene rings is 1. The largest absolute Gasteiger partial charge is 0.355 e. The fraction of sp³-hybridized carbons (Fsp3) is 0.455. The molecule has 5 nitrogen and oxygen atoms in total. The van der Waals surface area contributed by atoms with Crippen LogP contribution in [0.3, 0.4) is 0 Å². The normalized spacial score (nSPS) is 20.5. The van der Waals surface area contributed by atoms with E-state index in [1.807, 2.05) is 22.8 Å². The van der Waals surface area contributed by atoms with E-state index >= 15 is 0 Å². The van der Waals surface area contributed by atoms with Gasteiger partial charge >= 0.3 is 0 Å². The van der Waals surface area contributed by atoms with Crippen molar-refractivity contribution in [3.63, 3.8) is 0 Å². The molecule has 2 aliphatic rings. The Morgan fingerprint density at radius 3 is 2.76 bits per heavy atom. The highest BCUT2D eigenvalue weighted by Crippen LogP contribution is 2.36. The van der Waals surface area contributed by atoms with Crippen molar-refractivity contribution in [1.82, 2.24) is 9.55 Å². The van der Waals surface area contributed by atoms with Crippen molar-refractivity contribution in [3.8, 4) is 11.1 Å². The fourth-order valence-electron chi connectivity index (χ4n) is 4.20. The molecule has 0 spiro atoms. The summed E-state index contributed by atoms with van der Waals surface area (Å²) in [6.07, 6.45) is 5.51. The molecule has 0 bridgehead atoms. The van der Waals surface area contributed by atoms with Gasteiger partial charge in [-0.05, 0) is 24.8 Å². The van der Waals surface area contributed by atoms with Crippen LogP contribution in [-0.2, 0) is 9.47 Å². The number of benzene rings is 1. The predicted octanol–water partition coefficient (Wildman–Crippen LogP) is 5.10. The molecule has 1 aliphatic carbocycles. The summed E-state index contributed by atoms with van der Waals surface area (Å²) in [5, 5.41) is 3.68. The second-order valence-electron chi connectivity index (χ2n) is 7.62. The SMILES string of the molecule is O=c1c2c(-c3ccccc3)csc2nc(SC[C@H]2CCOCO2)n1C1CCCC1. The summed E-state index contributed by atoms with van der Waals surface area (Å²) < 4.78 is 13.0. The van der Waals surface area contributed by atoms with Crippen LogP contribution in [0.2, 0.25) is 0 Å². The Kier molecular flexibility index (Phi) is 5.72. The molecule has 7 heteroatoms. The molecule has 1 aromatic carbocycles. The quantitative estimate of drug-likeness (QED) is 0.418. The molecule has 1 aliphatic heterocycles. The molecule has 0 radical (unpaired) electrons. The number of thioether (sulfide) groups is 1. The average Bonchev–Trinajstić information content (AvgIpc) is 3.44. The molecule has 2 aromatic heterocycles. The van der Waals surface area contributed by atoms with Gasteiger partial charge in [0.15, 0.2) is 5.16 Å². The van der Waals surface area contributed by atoms with Gasteiger partial charge in [-0.15, -0.1) is 11.3 Å². The zero-order chi connectivity index (χ0) is 19.6. The van der Waals surface area contributed by atoms with Crippen LogP contribution in [0.5, 0.6) is 0 Å². The number of hydrogen-bond donors (Lipinski definition) is 0. The lowest BCUT2D eigenvalue weighted by Gasteiger charge is -2.23. The third-order valence-corrected chi connectivity index (χ3v) is 7.71. The maximum Gasteiger partial charge on any atom is 0.263 e. The Bertz CT molecular complexity index is 1040. The molecular formula is C22H24N2O3S2. The highest BCUT2D eigenvalue weighted by atomic mass is 32.2. The Morgan fingerprint density at radius 1 is 1.17 bits per heavy atom. The van der Waals surface area contributed by atoms with Gasteiger partial charge in [0.2, 0.25) is 0 Å². The number of hydrogen-bond acceptors (Lipinski definition) is 6. The highest BCUT2D eigenvalue weighted by Gasteiger charge is 2.26. The first-order valence-corrected chi connectivity index (χ1v) is 12.1. The van der Waals surface area contributed by atoms with Gasteiger partial charge < -0.3 is 9.47 Å². The lowest BCUT2D eigenvalue weighted by Crippen LogP contribution is -2.28. The van der Waals surface area contributed by atoms with Crippen molar-refractivity contribution in [2.75, 3.05) is 19.2 Å². The molecule has 1 saturated heterocycles.